The van der Waals surface area contributed by atoms with Gasteiger partial charge < -0.3 is 19.5 Å². The fourth-order valence-corrected chi connectivity index (χ4v) is 1.54. The largest absolute Gasteiger partial charge is 0.379 e. The second-order valence-corrected chi connectivity index (χ2v) is 3.76. The van der Waals surface area contributed by atoms with Gasteiger partial charge in [0.25, 0.3) is 0 Å². The summed E-state index contributed by atoms with van der Waals surface area (Å²) in [5.74, 6) is 0. The Kier molecular flexibility index (Phi) is 6.92. The minimum atomic E-state index is 0.394. The molecule has 1 fully saturated rings. The highest BCUT2D eigenvalue weighted by atomic mass is 16.5. The molecule has 0 heterocycles. The van der Waals surface area contributed by atoms with Gasteiger partial charge in [-0.05, 0) is 26.8 Å². The van der Waals surface area contributed by atoms with E-state index in [1.54, 1.807) is 0 Å². The molecule has 0 amide bonds. The topological polar surface area (TPSA) is 39.7 Å². The lowest BCUT2D eigenvalue weighted by molar-refractivity contribution is -0.108. The van der Waals surface area contributed by atoms with E-state index >= 15 is 0 Å². The van der Waals surface area contributed by atoms with Crippen molar-refractivity contribution in [2.75, 3.05) is 40.0 Å². The van der Waals surface area contributed by atoms with Crippen LogP contribution in [0.1, 0.15) is 19.8 Å². The maximum absolute atomic E-state index is 5.60. The van der Waals surface area contributed by atoms with Gasteiger partial charge in [-0.15, -0.1) is 0 Å². The molecule has 1 aliphatic carbocycles. The molecule has 0 aromatic heterocycles. The Hall–Kier alpha value is -0.160. The smallest absolute Gasteiger partial charge is 0.0704 e. The number of likely N-dealkylation sites (N-methyl/N-ethyl adjacent to an activating group) is 1. The Balaban J connectivity index is 1.83. The molecule has 1 rings (SSSR count). The molecular weight excluding hydrogens is 194 g/mol. The van der Waals surface area contributed by atoms with Crippen molar-refractivity contribution < 1.29 is 14.2 Å². The molecule has 4 heteroatoms. The van der Waals surface area contributed by atoms with E-state index in [2.05, 4.69) is 5.32 Å². The predicted octanol–water partition coefficient (Wildman–Crippen LogP) is 0.806. The molecule has 90 valence electrons. The van der Waals surface area contributed by atoms with Crippen LogP contribution in [-0.4, -0.2) is 52.2 Å². The highest BCUT2D eigenvalue weighted by molar-refractivity contribution is 4.81. The molecular formula is C11H23NO3. The van der Waals surface area contributed by atoms with Crippen LogP contribution in [0.15, 0.2) is 0 Å². The zero-order valence-corrected chi connectivity index (χ0v) is 9.83. The summed E-state index contributed by atoms with van der Waals surface area (Å²) in [4.78, 5) is 0. The molecule has 0 aromatic rings. The first-order valence-electron chi connectivity index (χ1n) is 5.82. The first kappa shape index (κ1) is 12.9. The second kappa shape index (κ2) is 8.05. The molecule has 0 aromatic carbocycles. The molecule has 0 radical (unpaired) electrons. The molecule has 0 aliphatic heterocycles. The normalized spacial score (nSPS) is 25.2. The summed E-state index contributed by atoms with van der Waals surface area (Å²) in [6.45, 7) is 5.90. The first-order valence-corrected chi connectivity index (χ1v) is 5.82. The third kappa shape index (κ3) is 5.47. The molecule has 0 saturated heterocycles. The molecule has 4 nitrogen and oxygen atoms in total. The number of nitrogens with one attached hydrogen (secondary N) is 1. The molecule has 1 N–H and O–H groups in total. The fraction of sp³-hybridized carbons (Fsp3) is 1.00. The Labute approximate surface area is 92.3 Å². The summed E-state index contributed by atoms with van der Waals surface area (Å²) in [5.41, 5.74) is 0. The molecule has 0 spiro atoms. The number of ether oxygens (including phenoxy) is 3. The first-order chi connectivity index (χ1) is 7.36. The monoisotopic (exact) mass is 217 g/mol. The maximum atomic E-state index is 5.60. The van der Waals surface area contributed by atoms with Crippen LogP contribution in [0.4, 0.5) is 0 Å². The number of hydrogen-bond acceptors (Lipinski definition) is 4. The average Bonchev–Trinajstić information content (AvgIpc) is 2.19. The Bertz CT molecular complexity index is 149. The van der Waals surface area contributed by atoms with E-state index in [1.807, 2.05) is 14.0 Å². The summed E-state index contributed by atoms with van der Waals surface area (Å²) in [6.07, 6.45) is 2.88. The molecule has 15 heavy (non-hydrogen) atoms. The minimum Gasteiger partial charge on any atom is -0.379 e. The second-order valence-electron chi connectivity index (χ2n) is 3.76. The van der Waals surface area contributed by atoms with Gasteiger partial charge in [0.05, 0.1) is 32.0 Å². The van der Waals surface area contributed by atoms with Gasteiger partial charge in [0.1, 0.15) is 0 Å². The summed E-state index contributed by atoms with van der Waals surface area (Å²) in [7, 11) is 1.93. The quantitative estimate of drug-likeness (QED) is 0.580. The van der Waals surface area contributed by atoms with Crippen LogP contribution >= 0.6 is 0 Å². The van der Waals surface area contributed by atoms with E-state index < -0.39 is 0 Å². The molecule has 0 atom stereocenters. The zero-order chi connectivity index (χ0) is 10.9. The lowest BCUT2D eigenvalue weighted by Crippen LogP contribution is -2.39. The average molecular weight is 217 g/mol. The van der Waals surface area contributed by atoms with Gasteiger partial charge in [-0.25, -0.2) is 0 Å². The Morgan fingerprint density at radius 3 is 2.33 bits per heavy atom. The number of rotatable bonds is 9. The van der Waals surface area contributed by atoms with Gasteiger partial charge in [0, 0.05) is 13.2 Å². The fourth-order valence-electron chi connectivity index (χ4n) is 1.54. The van der Waals surface area contributed by atoms with Gasteiger partial charge in [0.2, 0.25) is 0 Å². The molecule has 0 unspecified atom stereocenters. The van der Waals surface area contributed by atoms with Crippen LogP contribution in [0.5, 0.6) is 0 Å². The Morgan fingerprint density at radius 2 is 1.73 bits per heavy atom. The van der Waals surface area contributed by atoms with Crippen LogP contribution in [0.25, 0.3) is 0 Å². The van der Waals surface area contributed by atoms with Crippen molar-refractivity contribution in [1.29, 1.82) is 0 Å². The number of hydrogen-bond donors (Lipinski definition) is 1. The van der Waals surface area contributed by atoms with Crippen LogP contribution in [0, 0.1) is 0 Å². The highest BCUT2D eigenvalue weighted by Gasteiger charge is 2.30. The summed E-state index contributed by atoms with van der Waals surface area (Å²) >= 11 is 0. The van der Waals surface area contributed by atoms with Crippen LogP contribution in [-0.2, 0) is 14.2 Å². The van der Waals surface area contributed by atoms with Crippen molar-refractivity contribution in [3.63, 3.8) is 0 Å². The van der Waals surface area contributed by atoms with Gasteiger partial charge in [-0.1, -0.05) is 0 Å². The van der Waals surface area contributed by atoms with Crippen LogP contribution in [0.2, 0.25) is 0 Å². The zero-order valence-electron chi connectivity index (χ0n) is 9.83. The maximum Gasteiger partial charge on any atom is 0.0704 e. The van der Waals surface area contributed by atoms with Crippen molar-refractivity contribution in [3.05, 3.63) is 0 Å². The van der Waals surface area contributed by atoms with E-state index in [0.717, 1.165) is 32.6 Å². The van der Waals surface area contributed by atoms with Crippen molar-refractivity contribution >= 4 is 0 Å². The lowest BCUT2D eigenvalue weighted by atomic mass is 9.92. The van der Waals surface area contributed by atoms with Gasteiger partial charge in [-0.2, -0.15) is 0 Å². The van der Waals surface area contributed by atoms with Gasteiger partial charge in [0.15, 0.2) is 0 Å². The molecule has 1 saturated carbocycles. The van der Waals surface area contributed by atoms with Crippen molar-refractivity contribution in [2.45, 2.75) is 32.0 Å². The SMILES string of the molecule is CCOCCOC1CC(OCCNC)C1. The summed E-state index contributed by atoms with van der Waals surface area (Å²) < 4.78 is 16.4. The van der Waals surface area contributed by atoms with Crippen molar-refractivity contribution in [2.24, 2.45) is 0 Å². The van der Waals surface area contributed by atoms with E-state index in [1.165, 1.54) is 0 Å². The summed E-state index contributed by atoms with van der Waals surface area (Å²) in [5, 5.41) is 3.06. The van der Waals surface area contributed by atoms with E-state index in [9.17, 15) is 0 Å². The molecule has 0 bridgehead atoms. The minimum absolute atomic E-state index is 0.394. The highest BCUT2D eigenvalue weighted by Crippen LogP contribution is 2.25. The van der Waals surface area contributed by atoms with E-state index in [0.29, 0.717) is 25.4 Å². The standard InChI is InChI=1S/C11H23NO3/c1-3-13-6-7-15-11-8-10(9-11)14-5-4-12-2/h10-12H,3-9H2,1-2H3. The van der Waals surface area contributed by atoms with Crippen molar-refractivity contribution in [3.8, 4) is 0 Å². The summed E-state index contributed by atoms with van der Waals surface area (Å²) in [6, 6.07) is 0. The van der Waals surface area contributed by atoms with E-state index in [-0.39, 0.29) is 0 Å². The lowest BCUT2D eigenvalue weighted by Gasteiger charge is -2.34. The third-order valence-electron chi connectivity index (χ3n) is 2.54. The predicted molar refractivity (Wildman–Crippen MR) is 59.1 cm³/mol. The van der Waals surface area contributed by atoms with Crippen LogP contribution in [0.3, 0.4) is 0 Å². The van der Waals surface area contributed by atoms with Crippen LogP contribution < -0.4 is 5.32 Å². The molecule has 1 aliphatic rings. The van der Waals surface area contributed by atoms with Gasteiger partial charge in [-0.3, -0.25) is 0 Å². The van der Waals surface area contributed by atoms with Crippen molar-refractivity contribution in [1.82, 2.24) is 5.32 Å². The van der Waals surface area contributed by atoms with Gasteiger partial charge >= 0.3 is 0 Å². The van der Waals surface area contributed by atoms with E-state index in [4.69, 9.17) is 14.2 Å². The third-order valence-corrected chi connectivity index (χ3v) is 2.54. The Morgan fingerprint density at radius 1 is 1.07 bits per heavy atom.